The Bertz CT molecular complexity index is 1050. The van der Waals surface area contributed by atoms with Gasteiger partial charge in [0.15, 0.2) is 0 Å². The second kappa shape index (κ2) is 13.7. The van der Waals surface area contributed by atoms with Crippen molar-refractivity contribution in [2.24, 2.45) is 0 Å². The number of aromatic nitrogens is 1. The number of carbonyl (C=O) groups is 3. The van der Waals surface area contributed by atoms with Gasteiger partial charge in [0.1, 0.15) is 0 Å². The summed E-state index contributed by atoms with van der Waals surface area (Å²) in [5.41, 5.74) is 1.88. The SMILES string of the molecule is O=C(O)C(F)(F)F.O=C(O)C(F)(F)F.O=C(c1ccsc1)N1CCOC2(CCN(Cc3cccnc3)CC2)C1. The van der Waals surface area contributed by atoms with Gasteiger partial charge in [-0.05, 0) is 35.9 Å². The quantitative estimate of drug-likeness (QED) is 0.521. The average Bonchev–Trinajstić information content (AvgIpc) is 3.41. The molecular weight excluding hydrogens is 560 g/mol. The molecule has 39 heavy (non-hydrogen) atoms. The Kier molecular flexibility index (Phi) is 11.2. The molecule has 0 aliphatic carbocycles. The fourth-order valence-corrected chi connectivity index (χ4v) is 4.39. The van der Waals surface area contributed by atoms with Gasteiger partial charge >= 0.3 is 24.3 Å². The lowest BCUT2D eigenvalue weighted by molar-refractivity contribution is -0.193. The van der Waals surface area contributed by atoms with Crippen LogP contribution in [-0.4, -0.2) is 93.6 Å². The molecule has 1 spiro atoms. The van der Waals surface area contributed by atoms with Crippen LogP contribution in [0.15, 0.2) is 41.4 Å². The molecule has 2 aliphatic heterocycles. The Hall–Kier alpha value is -3.24. The number of piperidine rings is 1. The molecule has 0 atom stereocenters. The molecule has 0 bridgehead atoms. The van der Waals surface area contributed by atoms with Gasteiger partial charge in [-0.15, -0.1) is 0 Å². The second-order valence-electron chi connectivity index (χ2n) is 8.51. The molecule has 2 aromatic heterocycles. The predicted molar refractivity (Wildman–Crippen MR) is 125 cm³/mol. The van der Waals surface area contributed by atoms with E-state index in [0.717, 1.165) is 38.0 Å². The van der Waals surface area contributed by atoms with Crippen molar-refractivity contribution in [3.8, 4) is 0 Å². The largest absolute Gasteiger partial charge is 0.490 e. The molecule has 2 saturated heterocycles. The number of halogens is 6. The maximum atomic E-state index is 12.7. The maximum Gasteiger partial charge on any atom is 0.490 e. The van der Waals surface area contributed by atoms with Crippen LogP contribution in [-0.2, 0) is 20.9 Å². The van der Waals surface area contributed by atoms with Gasteiger partial charge in [0, 0.05) is 44.0 Å². The Morgan fingerprint density at radius 3 is 2.05 bits per heavy atom. The summed E-state index contributed by atoms with van der Waals surface area (Å²) < 4.78 is 69.6. The normalized spacial score (nSPS) is 17.3. The highest BCUT2D eigenvalue weighted by Crippen LogP contribution is 2.31. The van der Waals surface area contributed by atoms with E-state index in [1.165, 1.54) is 5.56 Å². The molecular formula is C23H25F6N3O6S. The molecule has 0 aromatic carbocycles. The number of carboxylic acids is 2. The summed E-state index contributed by atoms with van der Waals surface area (Å²) in [5.74, 6) is -5.37. The van der Waals surface area contributed by atoms with Crippen molar-refractivity contribution in [3.05, 3.63) is 52.5 Å². The van der Waals surface area contributed by atoms with Crippen LogP contribution in [0.2, 0.25) is 0 Å². The van der Waals surface area contributed by atoms with Crippen molar-refractivity contribution >= 4 is 29.2 Å². The number of alkyl halides is 6. The number of likely N-dealkylation sites (tertiary alicyclic amines) is 1. The molecule has 4 rings (SSSR count). The standard InChI is InChI=1S/C19H23N3O2S.2C2HF3O2/c23-18(17-3-11-25-14-17)22-9-10-24-19(15-22)4-7-21(8-5-19)13-16-2-1-6-20-12-16;2*3-2(4,5)1(6)7/h1-3,6,11-12,14H,4-5,7-10,13,15H2;2*(H,6,7). The molecule has 0 radical (unpaired) electrons. The zero-order valence-corrected chi connectivity index (χ0v) is 21.1. The van der Waals surface area contributed by atoms with E-state index in [0.29, 0.717) is 19.7 Å². The minimum atomic E-state index is -5.08. The van der Waals surface area contributed by atoms with Gasteiger partial charge in [0.25, 0.3) is 5.91 Å². The Morgan fingerprint density at radius 1 is 1.00 bits per heavy atom. The van der Waals surface area contributed by atoms with Crippen LogP contribution < -0.4 is 0 Å². The van der Waals surface area contributed by atoms with E-state index in [2.05, 4.69) is 16.0 Å². The number of carbonyl (C=O) groups excluding carboxylic acids is 1. The van der Waals surface area contributed by atoms with Crippen molar-refractivity contribution in [3.63, 3.8) is 0 Å². The second-order valence-corrected chi connectivity index (χ2v) is 9.29. The number of carboxylic acid groups (broad SMARTS) is 2. The topological polar surface area (TPSA) is 120 Å². The fraction of sp³-hybridized carbons (Fsp3) is 0.478. The third-order valence-electron chi connectivity index (χ3n) is 5.69. The van der Waals surface area contributed by atoms with E-state index in [-0.39, 0.29) is 11.5 Å². The number of nitrogens with zero attached hydrogens (tertiary/aromatic N) is 3. The number of amides is 1. The Balaban J connectivity index is 0.000000317. The molecule has 16 heteroatoms. The van der Waals surface area contributed by atoms with Crippen LogP contribution in [0.4, 0.5) is 26.3 Å². The van der Waals surface area contributed by atoms with Crippen molar-refractivity contribution in [1.82, 2.24) is 14.8 Å². The lowest BCUT2D eigenvalue weighted by Gasteiger charge is -2.47. The van der Waals surface area contributed by atoms with Crippen molar-refractivity contribution < 1.29 is 55.7 Å². The molecule has 2 fully saturated rings. The molecule has 1 amide bonds. The van der Waals surface area contributed by atoms with Crippen molar-refractivity contribution in [2.75, 3.05) is 32.8 Å². The van der Waals surface area contributed by atoms with Crippen LogP contribution in [0.25, 0.3) is 0 Å². The van der Waals surface area contributed by atoms with E-state index < -0.39 is 24.3 Å². The molecule has 4 heterocycles. The molecule has 2 aromatic rings. The van der Waals surface area contributed by atoms with Crippen LogP contribution in [0.1, 0.15) is 28.8 Å². The predicted octanol–water partition coefficient (Wildman–Crippen LogP) is 3.92. The first-order chi connectivity index (χ1) is 18.1. The number of hydrogen-bond donors (Lipinski definition) is 2. The molecule has 0 unspecified atom stereocenters. The van der Waals surface area contributed by atoms with Gasteiger partial charge < -0.3 is 19.8 Å². The summed E-state index contributed by atoms with van der Waals surface area (Å²) in [6, 6.07) is 6.01. The molecule has 2 N–H and O–H groups in total. The minimum absolute atomic E-state index is 0.140. The highest BCUT2D eigenvalue weighted by Gasteiger charge is 2.41. The van der Waals surface area contributed by atoms with Crippen LogP contribution >= 0.6 is 11.3 Å². The van der Waals surface area contributed by atoms with E-state index in [1.807, 2.05) is 40.2 Å². The number of rotatable bonds is 3. The third-order valence-corrected chi connectivity index (χ3v) is 6.37. The number of ether oxygens (including phenoxy) is 1. The van der Waals surface area contributed by atoms with Crippen LogP contribution in [0, 0.1) is 0 Å². The molecule has 216 valence electrons. The summed E-state index contributed by atoms with van der Waals surface area (Å²) in [7, 11) is 0. The highest BCUT2D eigenvalue weighted by molar-refractivity contribution is 7.08. The zero-order valence-electron chi connectivity index (χ0n) is 20.2. The van der Waals surface area contributed by atoms with E-state index in [1.54, 1.807) is 11.3 Å². The van der Waals surface area contributed by atoms with Gasteiger partial charge in [0.2, 0.25) is 0 Å². The number of morpholine rings is 1. The lowest BCUT2D eigenvalue weighted by Crippen LogP contribution is -2.57. The third kappa shape index (κ3) is 10.4. The van der Waals surface area contributed by atoms with Crippen molar-refractivity contribution in [2.45, 2.75) is 37.3 Å². The fourth-order valence-electron chi connectivity index (χ4n) is 3.76. The monoisotopic (exact) mass is 585 g/mol. The zero-order chi connectivity index (χ0) is 29.3. The van der Waals surface area contributed by atoms with Gasteiger partial charge in [0.05, 0.1) is 24.3 Å². The maximum absolute atomic E-state index is 12.7. The number of pyridine rings is 1. The van der Waals surface area contributed by atoms with Crippen LogP contribution in [0.5, 0.6) is 0 Å². The number of aliphatic carboxylic acids is 2. The first-order valence-corrected chi connectivity index (χ1v) is 12.2. The van der Waals surface area contributed by atoms with E-state index in [9.17, 15) is 31.1 Å². The summed E-state index contributed by atoms with van der Waals surface area (Å²) in [5, 5.41) is 18.1. The summed E-state index contributed by atoms with van der Waals surface area (Å²) in [6.45, 7) is 4.96. The van der Waals surface area contributed by atoms with Gasteiger partial charge in [-0.3, -0.25) is 14.7 Å². The summed E-state index contributed by atoms with van der Waals surface area (Å²) in [6.07, 6.45) is -4.48. The average molecular weight is 586 g/mol. The lowest BCUT2D eigenvalue weighted by atomic mass is 9.89. The summed E-state index contributed by atoms with van der Waals surface area (Å²) >= 11 is 1.57. The van der Waals surface area contributed by atoms with E-state index in [4.69, 9.17) is 24.5 Å². The van der Waals surface area contributed by atoms with Gasteiger partial charge in [-0.1, -0.05) is 6.07 Å². The summed E-state index contributed by atoms with van der Waals surface area (Å²) in [4.78, 5) is 39.1. The molecule has 0 saturated carbocycles. The first kappa shape index (κ1) is 32.0. The van der Waals surface area contributed by atoms with E-state index >= 15 is 0 Å². The molecule has 2 aliphatic rings. The first-order valence-electron chi connectivity index (χ1n) is 11.3. The van der Waals surface area contributed by atoms with Crippen molar-refractivity contribution in [1.29, 1.82) is 0 Å². The highest BCUT2D eigenvalue weighted by atomic mass is 32.1. The number of thiophene rings is 1. The number of hydrogen-bond acceptors (Lipinski definition) is 7. The smallest absolute Gasteiger partial charge is 0.475 e. The molecule has 9 nitrogen and oxygen atoms in total. The Labute approximate surface area is 222 Å². The van der Waals surface area contributed by atoms with Gasteiger partial charge in [-0.25, -0.2) is 9.59 Å². The Morgan fingerprint density at radius 2 is 1.59 bits per heavy atom. The minimum Gasteiger partial charge on any atom is -0.475 e. The van der Waals surface area contributed by atoms with Gasteiger partial charge in [-0.2, -0.15) is 37.7 Å². The van der Waals surface area contributed by atoms with Crippen LogP contribution in [0.3, 0.4) is 0 Å².